The van der Waals surface area contributed by atoms with Crippen molar-refractivity contribution in [2.45, 2.75) is 39.9 Å². The van der Waals surface area contributed by atoms with Crippen molar-refractivity contribution >= 4 is 38.4 Å². The van der Waals surface area contributed by atoms with Gasteiger partial charge in [-0.05, 0) is 45.9 Å². The number of esters is 2. The van der Waals surface area contributed by atoms with Crippen molar-refractivity contribution in [3.05, 3.63) is 53.3 Å². The number of thiophene rings is 1. The summed E-state index contributed by atoms with van der Waals surface area (Å²) in [5.74, 6) is -0.349. The van der Waals surface area contributed by atoms with E-state index in [0.717, 1.165) is 10.9 Å². The quantitative estimate of drug-likeness (QED) is 0.573. The molecule has 0 unspecified atom stereocenters. The highest BCUT2D eigenvalue weighted by atomic mass is 32.1. The Hall–Kier alpha value is -3.13. The smallest absolute Gasteiger partial charge is 0.341 e. The van der Waals surface area contributed by atoms with Crippen LogP contribution in [0.5, 0.6) is 5.75 Å². The standard InChI is InChI=1S/C22H24N2O5S/c1-5-27-21(26)16-11-24-10-15-17(19(23)30-18(15)16)12-28-14-8-6-7-13(9-14)20(25)29-22(2,3)4/h6-11H,5,12,23H2,1-4H3. The lowest BCUT2D eigenvalue weighted by Crippen LogP contribution is -2.23. The van der Waals surface area contributed by atoms with Crippen LogP contribution in [0, 0.1) is 0 Å². The van der Waals surface area contributed by atoms with E-state index in [4.69, 9.17) is 19.9 Å². The van der Waals surface area contributed by atoms with Crippen LogP contribution >= 0.6 is 11.3 Å². The fourth-order valence-electron chi connectivity index (χ4n) is 2.79. The average Bonchev–Trinajstić information content (AvgIpc) is 3.00. The molecule has 8 heteroatoms. The second kappa shape index (κ2) is 8.71. The first-order valence-electron chi connectivity index (χ1n) is 9.47. The molecule has 0 amide bonds. The Balaban J connectivity index is 1.82. The molecule has 158 valence electrons. The Labute approximate surface area is 178 Å². The number of nitrogens with two attached hydrogens (primary N) is 1. The third-order valence-corrected chi connectivity index (χ3v) is 5.19. The van der Waals surface area contributed by atoms with Crippen molar-refractivity contribution in [3.8, 4) is 5.75 Å². The summed E-state index contributed by atoms with van der Waals surface area (Å²) in [6, 6.07) is 6.77. The molecular formula is C22H24N2O5S. The number of ether oxygens (including phenoxy) is 3. The predicted octanol–water partition coefficient (Wildman–Crippen LogP) is 4.59. The number of anilines is 1. The van der Waals surface area contributed by atoms with Crippen LogP contribution in [0.2, 0.25) is 0 Å². The summed E-state index contributed by atoms with van der Waals surface area (Å²) >= 11 is 1.29. The number of nitrogens with zero attached hydrogens (tertiary/aromatic N) is 1. The van der Waals surface area contributed by atoms with Crippen molar-refractivity contribution in [1.82, 2.24) is 4.98 Å². The van der Waals surface area contributed by atoms with Crippen molar-refractivity contribution in [1.29, 1.82) is 0 Å². The van der Waals surface area contributed by atoms with E-state index in [0.29, 0.717) is 26.6 Å². The summed E-state index contributed by atoms with van der Waals surface area (Å²) in [7, 11) is 0. The number of nitrogen functional groups attached to an aromatic ring is 1. The van der Waals surface area contributed by atoms with Gasteiger partial charge in [-0.1, -0.05) is 6.07 Å². The number of carbonyl (C=O) groups excluding carboxylic acids is 2. The van der Waals surface area contributed by atoms with Gasteiger partial charge in [0.2, 0.25) is 0 Å². The fourth-order valence-corrected chi connectivity index (χ4v) is 3.83. The lowest BCUT2D eigenvalue weighted by atomic mass is 10.1. The number of hydrogen-bond acceptors (Lipinski definition) is 8. The summed E-state index contributed by atoms with van der Waals surface area (Å²) in [5.41, 5.74) is 7.12. The van der Waals surface area contributed by atoms with Crippen LogP contribution in [0.4, 0.5) is 5.00 Å². The van der Waals surface area contributed by atoms with Gasteiger partial charge in [0.05, 0.1) is 27.4 Å². The van der Waals surface area contributed by atoms with Gasteiger partial charge in [0.15, 0.2) is 0 Å². The van der Waals surface area contributed by atoms with Crippen LogP contribution in [0.3, 0.4) is 0 Å². The molecule has 1 aromatic carbocycles. The molecule has 2 heterocycles. The lowest BCUT2D eigenvalue weighted by molar-refractivity contribution is 0.00688. The van der Waals surface area contributed by atoms with Gasteiger partial charge in [-0.25, -0.2) is 9.59 Å². The molecule has 0 aliphatic heterocycles. The fraction of sp³-hybridized carbons (Fsp3) is 0.318. The second-order valence-electron chi connectivity index (χ2n) is 7.55. The third-order valence-electron chi connectivity index (χ3n) is 4.08. The van der Waals surface area contributed by atoms with Gasteiger partial charge in [-0.2, -0.15) is 0 Å². The van der Waals surface area contributed by atoms with Gasteiger partial charge in [-0.15, -0.1) is 11.3 Å². The van der Waals surface area contributed by atoms with E-state index < -0.39 is 17.5 Å². The molecule has 7 nitrogen and oxygen atoms in total. The Morgan fingerprint density at radius 3 is 2.63 bits per heavy atom. The normalized spacial score (nSPS) is 11.3. The van der Waals surface area contributed by atoms with Crippen molar-refractivity contribution < 1.29 is 23.8 Å². The van der Waals surface area contributed by atoms with Crippen LogP contribution in [0.25, 0.3) is 10.1 Å². The molecule has 0 saturated carbocycles. The number of fused-ring (bicyclic) bond motifs is 1. The highest BCUT2D eigenvalue weighted by molar-refractivity contribution is 7.23. The minimum atomic E-state index is -0.582. The maximum atomic E-state index is 12.3. The summed E-state index contributed by atoms with van der Waals surface area (Å²) in [6.45, 7) is 7.63. The second-order valence-corrected chi connectivity index (χ2v) is 8.60. The van der Waals surface area contributed by atoms with Crippen LogP contribution in [0.1, 0.15) is 54.0 Å². The highest BCUT2D eigenvalue weighted by Crippen LogP contribution is 2.36. The van der Waals surface area contributed by atoms with E-state index in [2.05, 4.69) is 4.98 Å². The number of carbonyl (C=O) groups is 2. The first-order chi connectivity index (χ1) is 14.2. The highest BCUT2D eigenvalue weighted by Gasteiger charge is 2.20. The predicted molar refractivity (Wildman–Crippen MR) is 116 cm³/mol. The first kappa shape index (κ1) is 21.6. The molecule has 0 fully saturated rings. The largest absolute Gasteiger partial charge is 0.489 e. The molecule has 3 rings (SSSR count). The van der Waals surface area contributed by atoms with E-state index in [9.17, 15) is 9.59 Å². The van der Waals surface area contributed by atoms with Crippen LogP contribution in [-0.4, -0.2) is 29.1 Å². The zero-order valence-electron chi connectivity index (χ0n) is 17.4. The van der Waals surface area contributed by atoms with E-state index in [-0.39, 0.29) is 13.2 Å². The molecule has 0 atom stereocenters. The van der Waals surface area contributed by atoms with Crippen LogP contribution < -0.4 is 10.5 Å². The Morgan fingerprint density at radius 1 is 1.17 bits per heavy atom. The van der Waals surface area contributed by atoms with E-state index in [1.165, 1.54) is 17.5 Å². The average molecular weight is 429 g/mol. The number of pyridine rings is 1. The molecule has 0 radical (unpaired) electrons. The lowest BCUT2D eigenvalue weighted by Gasteiger charge is -2.19. The zero-order chi connectivity index (χ0) is 21.9. The number of rotatable bonds is 6. The molecule has 0 spiro atoms. The molecule has 0 aliphatic rings. The maximum Gasteiger partial charge on any atom is 0.341 e. The molecule has 2 N–H and O–H groups in total. The third kappa shape index (κ3) is 4.88. The van der Waals surface area contributed by atoms with E-state index in [1.807, 2.05) is 20.8 Å². The Bertz CT molecular complexity index is 1080. The number of benzene rings is 1. The first-order valence-corrected chi connectivity index (χ1v) is 10.3. The van der Waals surface area contributed by atoms with Gasteiger partial charge >= 0.3 is 11.9 Å². The maximum absolute atomic E-state index is 12.3. The summed E-state index contributed by atoms with van der Waals surface area (Å²) < 4.78 is 17.1. The topological polar surface area (TPSA) is 101 Å². The van der Waals surface area contributed by atoms with Gasteiger partial charge in [0, 0.05) is 23.3 Å². The molecule has 0 saturated heterocycles. The minimum Gasteiger partial charge on any atom is -0.489 e. The molecule has 2 aromatic heterocycles. The summed E-state index contributed by atoms with van der Waals surface area (Å²) in [4.78, 5) is 28.6. The van der Waals surface area contributed by atoms with Gasteiger partial charge in [0.1, 0.15) is 18.0 Å². The van der Waals surface area contributed by atoms with Crippen molar-refractivity contribution in [3.63, 3.8) is 0 Å². The minimum absolute atomic E-state index is 0.164. The molecule has 0 bridgehead atoms. The van der Waals surface area contributed by atoms with Gasteiger partial charge < -0.3 is 19.9 Å². The molecule has 30 heavy (non-hydrogen) atoms. The van der Waals surface area contributed by atoms with Crippen molar-refractivity contribution in [2.75, 3.05) is 12.3 Å². The van der Waals surface area contributed by atoms with E-state index in [1.54, 1.807) is 37.4 Å². The number of aromatic nitrogens is 1. The van der Waals surface area contributed by atoms with E-state index >= 15 is 0 Å². The number of hydrogen-bond donors (Lipinski definition) is 1. The molecule has 0 aliphatic carbocycles. The zero-order valence-corrected chi connectivity index (χ0v) is 18.2. The van der Waals surface area contributed by atoms with Crippen molar-refractivity contribution in [2.24, 2.45) is 0 Å². The SMILES string of the molecule is CCOC(=O)c1cncc2c(COc3cccc(C(=O)OC(C)(C)C)c3)c(N)sc12. The Kier molecular flexibility index (Phi) is 6.26. The molecular weight excluding hydrogens is 404 g/mol. The summed E-state index contributed by atoms with van der Waals surface area (Å²) in [5, 5.41) is 1.28. The molecule has 3 aromatic rings. The summed E-state index contributed by atoms with van der Waals surface area (Å²) in [6.07, 6.45) is 3.13. The monoisotopic (exact) mass is 428 g/mol. The Morgan fingerprint density at radius 2 is 1.93 bits per heavy atom. The van der Waals surface area contributed by atoms with Crippen LogP contribution in [0.15, 0.2) is 36.7 Å². The van der Waals surface area contributed by atoms with Crippen LogP contribution in [-0.2, 0) is 16.1 Å². The van der Waals surface area contributed by atoms with Gasteiger partial charge in [-0.3, -0.25) is 4.98 Å². The van der Waals surface area contributed by atoms with Gasteiger partial charge in [0.25, 0.3) is 0 Å².